The third-order valence-corrected chi connectivity index (χ3v) is 3.45. The Morgan fingerprint density at radius 2 is 2.13 bits per heavy atom. The smallest absolute Gasteiger partial charge is 0.404 e. The highest BCUT2D eigenvalue weighted by molar-refractivity contribution is 5.90. The van der Waals surface area contributed by atoms with Gasteiger partial charge in [0.25, 0.3) is 0 Å². The maximum Gasteiger partial charge on any atom is 0.573 e. The van der Waals surface area contributed by atoms with Crippen molar-refractivity contribution in [2.24, 2.45) is 0 Å². The number of ether oxygens (including phenoxy) is 2. The van der Waals surface area contributed by atoms with E-state index in [2.05, 4.69) is 10.1 Å². The van der Waals surface area contributed by atoms with Crippen LogP contribution in [0.1, 0.15) is 19.3 Å². The van der Waals surface area contributed by atoms with E-state index >= 15 is 0 Å². The van der Waals surface area contributed by atoms with Gasteiger partial charge in [-0.25, -0.2) is 4.79 Å². The number of hydrogen-bond acceptors (Lipinski definition) is 3. The van der Waals surface area contributed by atoms with Crippen LogP contribution in [0.25, 0.3) is 0 Å². The van der Waals surface area contributed by atoms with Crippen molar-refractivity contribution in [1.29, 1.82) is 0 Å². The van der Waals surface area contributed by atoms with Crippen molar-refractivity contribution in [1.82, 2.24) is 4.90 Å². The van der Waals surface area contributed by atoms with E-state index in [1.165, 1.54) is 23.1 Å². The molecule has 0 spiro atoms. The first kappa shape index (κ1) is 17.4. The molecule has 2 rings (SSSR count). The number of nitrogens with one attached hydrogen (secondary N) is 1. The number of benzene rings is 1. The molecule has 23 heavy (non-hydrogen) atoms. The molecule has 1 fully saturated rings. The second-order valence-corrected chi connectivity index (χ2v) is 5.34. The fraction of sp³-hybridized carbons (Fsp3) is 0.533. The molecule has 1 atom stereocenters. The molecule has 1 aromatic carbocycles. The number of carbonyl (C=O) groups is 1. The minimum absolute atomic E-state index is 0.0359. The van der Waals surface area contributed by atoms with Crippen molar-refractivity contribution in [3.05, 3.63) is 24.3 Å². The molecule has 0 aromatic heterocycles. The normalized spacial score (nSPS) is 18.3. The monoisotopic (exact) mass is 332 g/mol. The van der Waals surface area contributed by atoms with Crippen LogP contribution in [0.3, 0.4) is 0 Å². The van der Waals surface area contributed by atoms with E-state index in [1.807, 2.05) is 0 Å². The molecule has 1 aliphatic heterocycles. The molecule has 0 aliphatic carbocycles. The topological polar surface area (TPSA) is 50.8 Å². The summed E-state index contributed by atoms with van der Waals surface area (Å²) in [6.45, 7) is 1.05. The quantitative estimate of drug-likeness (QED) is 0.916. The molecule has 2 amide bonds. The lowest BCUT2D eigenvalue weighted by molar-refractivity contribution is -0.274. The molecule has 1 aromatic rings. The fourth-order valence-corrected chi connectivity index (χ4v) is 2.33. The molecule has 0 saturated carbocycles. The summed E-state index contributed by atoms with van der Waals surface area (Å²) >= 11 is 0. The summed E-state index contributed by atoms with van der Waals surface area (Å²) in [7, 11) is 1.57. The lowest BCUT2D eigenvalue weighted by Gasteiger charge is -2.27. The Balaban J connectivity index is 1.96. The van der Waals surface area contributed by atoms with Gasteiger partial charge in [0, 0.05) is 20.2 Å². The SMILES string of the molecule is CN(CC1CCCCO1)C(=O)Nc1ccccc1OC(F)(F)F. The van der Waals surface area contributed by atoms with Gasteiger partial charge in [0.05, 0.1) is 11.8 Å². The third-order valence-electron chi connectivity index (χ3n) is 3.45. The highest BCUT2D eigenvalue weighted by atomic mass is 19.4. The largest absolute Gasteiger partial charge is 0.573 e. The lowest BCUT2D eigenvalue weighted by atomic mass is 10.1. The van der Waals surface area contributed by atoms with Gasteiger partial charge in [-0.15, -0.1) is 13.2 Å². The van der Waals surface area contributed by atoms with E-state index in [-0.39, 0.29) is 11.8 Å². The molecule has 1 saturated heterocycles. The van der Waals surface area contributed by atoms with Crippen LogP contribution in [-0.2, 0) is 4.74 Å². The molecule has 1 unspecified atom stereocenters. The zero-order chi connectivity index (χ0) is 16.9. The van der Waals surface area contributed by atoms with Crippen molar-refractivity contribution in [3.8, 4) is 5.75 Å². The number of nitrogens with zero attached hydrogens (tertiary/aromatic N) is 1. The Labute approximate surface area is 132 Å². The van der Waals surface area contributed by atoms with Crippen LogP contribution >= 0.6 is 0 Å². The predicted molar refractivity (Wildman–Crippen MR) is 78.4 cm³/mol. The number of carbonyl (C=O) groups excluding carboxylic acids is 1. The summed E-state index contributed by atoms with van der Waals surface area (Å²) in [6.07, 6.45) is -1.94. The molecular formula is C15H19F3N2O3. The van der Waals surface area contributed by atoms with Crippen molar-refractivity contribution in [2.75, 3.05) is 25.5 Å². The number of rotatable bonds is 4. The maximum atomic E-state index is 12.4. The molecule has 1 heterocycles. The van der Waals surface area contributed by atoms with Gasteiger partial charge in [0.1, 0.15) is 0 Å². The van der Waals surface area contributed by atoms with Gasteiger partial charge in [-0.2, -0.15) is 0 Å². The van der Waals surface area contributed by atoms with Gasteiger partial charge in [-0.3, -0.25) is 0 Å². The van der Waals surface area contributed by atoms with E-state index < -0.39 is 18.1 Å². The molecule has 1 N–H and O–H groups in total. The second-order valence-electron chi connectivity index (χ2n) is 5.34. The van der Waals surface area contributed by atoms with Crippen LogP contribution < -0.4 is 10.1 Å². The molecule has 128 valence electrons. The zero-order valence-corrected chi connectivity index (χ0v) is 12.7. The molecular weight excluding hydrogens is 313 g/mol. The van der Waals surface area contributed by atoms with Gasteiger partial charge >= 0.3 is 12.4 Å². The van der Waals surface area contributed by atoms with Crippen LogP contribution in [0.4, 0.5) is 23.7 Å². The predicted octanol–water partition coefficient (Wildman–Crippen LogP) is 3.62. The van der Waals surface area contributed by atoms with E-state index in [0.29, 0.717) is 13.2 Å². The van der Waals surface area contributed by atoms with Gasteiger partial charge in [-0.05, 0) is 31.4 Å². The highest BCUT2D eigenvalue weighted by Gasteiger charge is 2.32. The van der Waals surface area contributed by atoms with Crippen molar-refractivity contribution in [2.45, 2.75) is 31.7 Å². The summed E-state index contributed by atoms with van der Waals surface area (Å²) in [5.41, 5.74) is -0.0359. The highest BCUT2D eigenvalue weighted by Crippen LogP contribution is 2.30. The van der Waals surface area contributed by atoms with Crippen molar-refractivity contribution in [3.63, 3.8) is 0 Å². The zero-order valence-electron chi connectivity index (χ0n) is 12.7. The minimum atomic E-state index is -4.82. The number of para-hydroxylation sites is 2. The second kappa shape index (κ2) is 7.54. The standard InChI is InChI=1S/C15H19F3N2O3/c1-20(10-11-6-4-5-9-22-11)14(21)19-12-7-2-3-8-13(12)23-15(16,17)18/h2-3,7-8,11H,4-6,9-10H2,1H3,(H,19,21). The lowest BCUT2D eigenvalue weighted by Crippen LogP contribution is -2.39. The summed E-state index contributed by atoms with van der Waals surface area (Å²) in [6, 6.07) is 4.90. The van der Waals surface area contributed by atoms with Crippen molar-refractivity contribution >= 4 is 11.7 Å². The Morgan fingerprint density at radius 3 is 2.78 bits per heavy atom. The van der Waals surface area contributed by atoms with Gasteiger partial charge in [-0.1, -0.05) is 12.1 Å². The van der Waals surface area contributed by atoms with Crippen LogP contribution in [-0.4, -0.2) is 43.6 Å². The van der Waals surface area contributed by atoms with E-state index in [1.54, 1.807) is 7.05 Å². The summed E-state index contributed by atoms with van der Waals surface area (Å²) < 4.78 is 46.5. The number of halogens is 3. The van der Waals surface area contributed by atoms with Gasteiger partial charge in [0.2, 0.25) is 0 Å². The summed E-state index contributed by atoms with van der Waals surface area (Å²) in [5, 5.41) is 2.43. The number of likely N-dealkylation sites (N-methyl/N-ethyl adjacent to an activating group) is 1. The fourth-order valence-electron chi connectivity index (χ4n) is 2.33. The number of alkyl halides is 3. The molecule has 0 radical (unpaired) electrons. The Hall–Kier alpha value is -1.96. The van der Waals surface area contributed by atoms with Gasteiger partial charge in [0.15, 0.2) is 5.75 Å². The van der Waals surface area contributed by atoms with Crippen molar-refractivity contribution < 1.29 is 27.4 Å². The Bertz CT molecular complexity index is 531. The third kappa shape index (κ3) is 5.63. The first-order valence-electron chi connectivity index (χ1n) is 7.33. The van der Waals surface area contributed by atoms with Crippen LogP contribution in [0.5, 0.6) is 5.75 Å². The first-order valence-corrected chi connectivity index (χ1v) is 7.33. The average Bonchev–Trinajstić information content (AvgIpc) is 2.48. The number of amides is 2. The number of anilines is 1. The van der Waals surface area contributed by atoms with Gasteiger partial charge < -0.3 is 19.7 Å². The van der Waals surface area contributed by atoms with Crippen LogP contribution in [0.2, 0.25) is 0 Å². The number of urea groups is 1. The Morgan fingerprint density at radius 1 is 1.39 bits per heavy atom. The molecule has 8 heteroatoms. The van der Waals surface area contributed by atoms with Crippen LogP contribution in [0.15, 0.2) is 24.3 Å². The van der Waals surface area contributed by atoms with E-state index in [4.69, 9.17) is 4.74 Å². The minimum Gasteiger partial charge on any atom is -0.404 e. The summed E-state index contributed by atoms with van der Waals surface area (Å²) in [4.78, 5) is 13.5. The molecule has 0 bridgehead atoms. The average molecular weight is 332 g/mol. The number of hydrogen-bond donors (Lipinski definition) is 1. The van der Waals surface area contributed by atoms with Crippen LogP contribution in [0, 0.1) is 0 Å². The Kier molecular flexibility index (Phi) is 5.70. The first-order chi connectivity index (χ1) is 10.8. The maximum absolute atomic E-state index is 12.4. The van der Waals surface area contributed by atoms with E-state index in [9.17, 15) is 18.0 Å². The van der Waals surface area contributed by atoms with E-state index in [0.717, 1.165) is 25.3 Å². The molecule has 5 nitrogen and oxygen atoms in total. The molecule has 1 aliphatic rings. The summed E-state index contributed by atoms with van der Waals surface area (Å²) in [5.74, 6) is -0.448.